The van der Waals surface area contributed by atoms with E-state index in [4.69, 9.17) is 9.47 Å². The lowest BCUT2D eigenvalue weighted by Crippen LogP contribution is -2.30. The number of nitrogens with one attached hydrogen (secondary N) is 1. The molecule has 0 heterocycles. The van der Waals surface area contributed by atoms with E-state index in [0.29, 0.717) is 5.69 Å². The Labute approximate surface area is 178 Å². The van der Waals surface area contributed by atoms with Gasteiger partial charge < -0.3 is 14.8 Å². The molecule has 1 atom stereocenters. The van der Waals surface area contributed by atoms with Gasteiger partial charge in [-0.1, -0.05) is 48.5 Å². The monoisotopic (exact) mass is 420 g/mol. The maximum atomic E-state index is 12.7. The van der Waals surface area contributed by atoms with Gasteiger partial charge in [-0.3, -0.25) is 14.9 Å². The standard InChI is InChI=1S/C23H20N2O6/c1-15(31-23(27)19-14-17(25(28)29)12-13-21(19)30-2)22(26)24-20-11-7-6-10-18(20)16-8-4-3-5-9-16/h3-15H,1-2H3,(H,24,26). The molecule has 0 saturated heterocycles. The lowest BCUT2D eigenvalue weighted by molar-refractivity contribution is -0.384. The average molecular weight is 420 g/mol. The molecule has 0 aliphatic carbocycles. The summed E-state index contributed by atoms with van der Waals surface area (Å²) in [5, 5.41) is 13.8. The van der Waals surface area contributed by atoms with Gasteiger partial charge in [-0.15, -0.1) is 0 Å². The van der Waals surface area contributed by atoms with Gasteiger partial charge in [-0.2, -0.15) is 0 Å². The molecule has 1 amide bonds. The van der Waals surface area contributed by atoms with E-state index in [2.05, 4.69) is 5.32 Å². The highest BCUT2D eigenvalue weighted by atomic mass is 16.6. The number of para-hydroxylation sites is 1. The Morgan fingerprint density at radius 1 is 1.00 bits per heavy atom. The number of esters is 1. The summed E-state index contributed by atoms with van der Waals surface area (Å²) < 4.78 is 10.3. The summed E-state index contributed by atoms with van der Waals surface area (Å²) in [5.74, 6) is -1.33. The zero-order valence-corrected chi connectivity index (χ0v) is 16.9. The minimum absolute atomic E-state index is 0.109. The topological polar surface area (TPSA) is 108 Å². The third-order valence-corrected chi connectivity index (χ3v) is 4.54. The van der Waals surface area contributed by atoms with Crippen molar-refractivity contribution < 1.29 is 24.0 Å². The van der Waals surface area contributed by atoms with Crippen LogP contribution in [0.25, 0.3) is 11.1 Å². The van der Waals surface area contributed by atoms with E-state index < -0.39 is 22.9 Å². The van der Waals surface area contributed by atoms with Crippen LogP contribution in [0.3, 0.4) is 0 Å². The van der Waals surface area contributed by atoms with Crippen molar-refractivity contribution in [3.63, 3.8) is 0 Å². The zero-order chi connectivity index (χ0) is 22.4. The zero-order valence-electron chi connectivity index (χ0n) is 16.9. The summed E-state index contributed by atoms with van der Waals surface area (Å²) in [6.45, 7) is 1.42. The number of nitrogens with zero attached hydrogens (tertiary/aromatic N) is 1. The normalized spacial score (nSPS) is 11.3. The van der Waals surface area contributed by atoms with Crippen molar-refractivity contribution in [2.75, 3.05) is 12.4 Å². The fourth-order valence-corrected chi connectivity index (χ4v) is 2.94. The van der Waals surface area contributed by atoms with Gasteiger partial charge in [0.15, 0.2) is 6.10 Å². The number of nitro groups is 1. The lowest BCUT2D eigenvalue weighted by Gasteiger charge is -2.16. The molecule has 0 saturated carbocycles. The molecule has 3 aromatic carbocycles. The van der Waals surface area contributed by atoms with Crippen LogP contribution >= 0.6 is 0 Å². The van der Waals surface area contributed by atoms with Gasteiger partial charge in [0.05, 0.1) is 12.0 Å². The van der Waals surface area contributed by atoms with Crippen LogP contribution in [0.4, 0.5) is 11.4 Å². The van der Waals surface area contributed by atoms with Gasteiger partial charge in [0.1, 0.15) is 11.3 Å². The second-order valence-corrected chi connectivity index (χ2v) is 6.59. The van der Waals surface area contributed by atoms with Crippen LogP contribution < -0.4 is 10.1 Å². The molecule has 3 rings (SSSR count). The van der Waals surface area contributed by atoms with Gasteiger partial charge >= 0.3 is 5.97 Å². The number of anilines is 1. The van der Waals surface area contributed by atoms with E-state index in [9.17, 15) is 19.7 Å². The quantitative estimate of drug-likeness (QED) is 0.344. The van der Waals surface area contributed by atoms with Crippen molar-refractivity contribution in [3.8, 4) is 16.9 Å². The molecule has 158 valence electrons. The number of methoxy groups -OCH3 is 1. The fraction of sp³-hybridized carbons (Fsp3) is 0.130. The third kappa shape index (κ3) is 5.05. The molecule has 1 unspecified atom stereocenters. The van der Waals surface area contributed by atoms with Crippen LogP contribution in [0.5, 0.6) is 5.75 Å². The molecule has 0 aliphatic heterocycles. The second kappa shape index (κ2) is 9.53. The molecule has 0 bridgehead atoms. The van der Waals surface area contributed by atoms with Crippen molar-refractivity contribution in [1.29, 1.82) is 0 Å². The smallest absolute Gasteiger partial charge is 0.342 e. The number of carbonyl (C=O) groups is 2. The van der Waals surface area contributed by atoms with E-state index in [-0.39, 0.29) is 17.0 Å². The first-order valence-electron chi connectivity index (χ1n) is 9.39. The third-order valence-electron chi connectivity index (χ3n) is 4.54. The van der Waals surface area contributed by atoms with E-state index in [1.165, 1.54) is 26.2 Å². The first-order valence-corrected chi connectivity index (χ1v) is 9.39. The highest BCUT2D eigenvalue weighted by molar-refractivity contribution is 6.00. The molecular weight excluding hydrogens is 400 g/mol. The SMILES string of the molecule is COc1ccc([N+](=O)[O-])cc1C(=O)OC(C)C(=O)Nc1ccccc1-c1ccccc1. The van der Waals surface area contributed by atoms with Gasteiger partial charge in [0.2, 0.25) is 0 Å². The number of rotatable bonds is 7. The second-order valence-electron chi connectivity index (χ2n) is 6.59. The Morgan fingerprint density at radius 2 is 1.68 bits per heavy atom. The molecule has 0 spiro atoms. The summed E-state index contributed by atoms with van der Waals surface area (Å²) in [6.07, 6.45) is -1.15. The molecule has 0 radical (unpaired) electrons. The van der Waals surface area contributed by atoms with Crippen molar-refractivity contribution >= 4 is 23.3 Å². The molecule has 1 N–H and O–H groups in total. The molecular formula is C23H20N2O6. The van der Waals surface area contributed by atoms with Crippen LogP contribution in [0.15, 0.2) is 72.8 Å². The number of hydrogen-bond donors (Lipinski definition) is 1. The highest BCUT2D eigenvalue weighted by Crippen LogP contribution is 2.28. The summed E-state index contributed by atoms with van der Waals surface area (Å²) in [6, 6.07) is 20.4. The molecule has 8 heteroatoms. The van der Waals surface area contributed by atoms with E-state index in [1.807, 2.05) is 42.5 Å². The Hall–Kier alpha value is -4.20. The largest absolute Gasteiger partial charge is 0.496 e. The number of ether oxygens (including phenoxy) is 2. The van der Waals surface area contributed by atoms with Gasteiger partial charge in [0.25, 0.3) is 11.6 Å². The van der Waals surface area contributed by atoms with Crippen LogP contribution in [0, 0.1) is 10.1 Å². The number of hydrogen-bond acceptors (Lipinski definition) is 6. The van der Waals surface area contributed by atoms with Gasteiger partial charge in [0, 0.05) is 23.4 Å². The number of amides is 1. The van der Waals surface area contributed by atoms with Crippen LogP contribution in [0.2, 0.25) is 0 Å². The Balaban J connectivity index is 1.76. The molecule has 3 aromatic rings. The van der Waals surface area contributed by atoms with Gasteiger partial charge in [-0.05, 0) is 24.6 Å². The Bertz CT molecular complexity index is 1110. The minimum Gasteiger partial charge on any atom is -0.496 e. The Kier molecular flexibility index (Phi) is 6.61. The van der Waals surface area contributed by atoms with Crippen molar-refractivity contribution in [2.24, 2.45) is 0 Å². The predicted octanol–water partition coefficient (Wildman–Crippen LogP) is 4.45. The summed E-state index contributed by atoms with van der Waals surface area (Å²) in [4.78, 5) is 35.6. The number of nitro benzene ring substituents is 1. The number of carbonyl (C=O) groups excluding carboxylic acids is 2. The lowest BCUT2D eigenvalue weighted by atomic mass is 10.0. The summed E-state index contributed by atoms with van der Waals surface area (Å²) in [7, 11) is 1.33. The fourth-order valence-electron chi connectivity index (χ4n) is 2.94. The average Bonchev–Trinajstić information content (AvgIpc) is 2.79. The predicted molar refractivity (Wildman–Crippen MR) is 115 cm³/mol. The van der Waals surface area contributed by atoms with Crippen molar-refractivity contribution in [1.82, 2.24) is 0 Å². The minimum atomic E-state index is -1.15. The molecule has 8 nitrogen and oxygen atoms in total. The molecule has 31 heavy (non-hydrogen) atoms. The van der Waals surface area contributed by atoms with Crippen LogP contribution in [0.1, 0.15) is 17.3 Å². The van der Waals surface area contributed by atoms with Crippen molar-refractivity contribution in [3.05, 3.63) is 88.5 Å². The Morgan fingerprint density at radius 3 is 2.35 bits per heavy atom. The maximum absolute atomic E-state index is 12.7. The summed E-state index contributed by atoms with van der Waals surface area (Å²) >= 11 is 0. The first-order chi connectivity index (χ1) is 14.9. The number of benzene rings is 3. The maximum Gasteiger partial charge on any atom is 0.342 e. The van der Waals surface area contributed by atoms with Crippen LogP contribution in [-0.2, 0) is 9.53 Å². The van der Waals surface area contributed by atoms with E-state index >= 15 is 0 Å². The molecule has 0 fully saturated rings. The summed E-state index contributed by atoms with van der Waals surface area (Å²) in [5.41, 5.74) is 1.87. The van der Waals surface area contributed by atoms with Crippen LogP contribution in [-0.4, -0.2) is 30.0 Å². The highest BCUT2D eigenvalue weighted by Gasteiger charge is 2.24. The van der Waals surface area contributed by atoms with E-state index in [1.54, 1.807) is 12.1 Å². The molecule has 0 aliphatic rings. The first kappa shape index (κ1) is 21.5. The van der Waals surface area contributed by atoms with E-state index in [0.717, 1.165) is 17.2 Å². The number of non-ortho nitro benzene ring substituents is 1. The van der Waals surface area contributed by atoms with Gasteiger partial charge in [-0.25, -0.2) is 4.79 Å². The van der Waals surface area contributed by atoms with Crippen molar-refractivity contribution in [2.45, 2.75) is 13.0 Å². The molecule has 0 aromatic heterocycles.